The van der Waals surface area contributed by atoms with Crippen molar-refractivity contribution in [3.05, 3.63) is 53.3 Å². The molecule has 0 fully saturated rings. The summed E-state index contributed by atoms with van der Waals surface area (Å²) in [6, 6.07) is 14.1. The van der Waals surface area contributed by atoms with Crippen LogP contribution in [-0.4, -0.2) is 29.9 Å². The molecule has 0 N–H and O–H groups in total. The lowest BCUT2D eigenvalue weighted by atomic mass is 10.1. The van der Waals surface area contributed by atoms with Crippen molar-refractivity contribution in [2.24, 2.45) is 0 Å². The van der Waals surface area contributed by atoms with Gasteiger partial charge >= 0.3 is 0 Å². The highest BCUT2D eigenvalue weighted by Gasteiger charge is 2.18. The quantitative estimate of drug-likeness (QED) is 0.694. The fourth-order valence-electron chi connectivity index (χ4n) is 2.33. The Balaban J connectivity index is 2.26. The number of aromatic nitrogens is 2. The molecule has 0 amide bonds. The highest BCUT2D eigenvalue weighted by Crippen LogP contribution is 2.28. The number of benzene rings is 2. The number of carbonyl (C=O) groups is 1. The number of hydrogen-bond donors (Lipinski definition) is 0. The number of hydrogen-bond acceptors (Lipinski definition) is 3. The molecule has 106 valence electrons. The molecule has 0 bridgehead atoms. The third-order valence-corrected chi connectivity index (χ3v) is 3.69. The summed E-state index contributed by atoms with van der Waals surface area (Å²) in [5.41, 5.74) is 1.12. The Morgan fingerprint density at radius 2 is 1.86 bits per heavy atom. The van der Waals surface area contributed by atoms with E-state index in [4.69, 9.17) is 11.6 Å². The number of aldehydes is 1. The first-order valence-corrected chi connectivity index (χ1v) is 6.89. The highest BCUT2D eigenvalue weighted by molar-refractivity contribution is 6.32. The van der Waals surface area contributed by atoms with E-state index >= 15 is 0 Å². The summed E-state index contributed by atoms with van der Waals surface area (Å²) in [7, 11) is 3.73. The van der Waals surface area contributed by atoms with Gasteiger partial charge < -0.3 is 4.90 Å². The molecule has 1 aromatic heterocycles. The average molecular weight is 300 g/mol. The Hall–Kier alpha value is -2.33. The minimum absolute atomic E-state index is 0.244. The maximum atomic E-state index is 11.1. The summed E-state index contributed by atoms with van der Waals surface area (Å²) >= 11 is 6.30. The number of carbonyl (C=O) groups excluding carboxylic acids is 1. The lowest BCUT2D eigenvalue weighted by molar-refractivity contribution is 0.111. The first-order chi connectivity index (χ1) is 10.1. The summed E-state index contributed by atoms with van der Waals surface area (Å²) in [6.45, 7) is 0. The lowest BCUT2D eigenvalue weighted by Crippen LogP contribution is -2.14. The summed E-state index contributed by atoms with van der Waals surface area (Å²) < 4.78 is 1.78. The largest absolute Gasteiger partial charge is 0.348 e. The van der Waals surface area contributed by atoms with Crippen molar-refractivity contribution in [1.82, 2.24) is 9.55 Å². The van der Waals surface area contributed by atoms with Gasteiger partial charge in [-0.05, 0) is 22.9 Å². The Kier molecular flexibility index (Phi) is 3.39. The molecule has 0 aliphatic rings. The zero-order valence-electron chi connectivity index (χ0n) is 11.7. The minimum Gasteiger partial charge on any atom is -0.348 e. The second-order valence-corrected chi connectivity index (χ2v) is 5.33. The highest BCUT2D eigenvalue weighted by atomic mass is 35.5. The third kappa shape index (κ3) is 2.28. The predicted molar refractivity (Wildman–Crippen MR) is 85.8 cm³/mol. The molecule has 0 aliphatic carbocycles. The van der Waals surface area contributed by atoms with E-state index in [1.807, 2.05) is 55.4 Å². The van der Waals surface area contributed by atoms with Crippen molar-refractivity contribution in [2.75, 3.05) is 19.0 Å². The molecule has 0 unspecified atom stereocenters. The molecule has 4 nitrogen and oxygen atoms in total. The molecule has 3 rings (SSSR count). The van der Waals surface area contributed by atoms with Gasteiger partial charge in [0.05, 0.1) is 5.69 Å². The van der Waals surface area contributed by atoms with Gasteiger partial charge in [0.15, 0.2) is 6.29 Å². The van der Waals surface area contributed by atoms with Gasteiger partial charge in [-0.15, -0.1) is 0 Å². The zero-order chi connectivity index (χ0) is 15.0. The van der Waals surface area contributed by atoms with Crippen molar-refractivity contribution in [3.63, 3.8) is 0 Å². The number of halogens is 1. The standard InChI is InChI=1S/C16H14ClN3O/c1-19(2)16-18-14(10-21)15(17)20(16)13-8-7-11-5-3-4-6-12(11)9-13/h3-10H,1-2H3. The summed E-state index contributed by atoms with van der Waals surface area (Å²) in [6.07, 6.45) is 0.673. The van der Waals surface area contributed by atoms with E-state index in [0.717, 1.165) is 16.5 Å². The Morgan fingerprint density at radius 3 is 2.52 bits per heavy atom. The van der Waals surface area contributed by atoms with E-state index < -0.39 is 0 Å². The van der Waals surface area contributed by atoms with Crippen LogP contribution in [0.25, 0.3) is 16.5 Å². The Morgan fingerprint density at radius 1 is 1.14 bits per heavy atom. The molecule has 0 spiro atoms. The molecular weight excluding hydrogens is 286 g/mol. The SMILES string of the molecule is CN(C)c1nc(C=O)c(Cl)n1-c1ccc2ccccc2c1. The van der Waals surface area contributed by atoms with Gasteiger partial charge in [-0.2, -0.15) is 0 Å². The molecule has 3 aromatic rings. The monoisotopic (exact) mass is 299 g/mol. The van der Waals surface area contributed by atoms with Crippen LogP contribution in [-0.2, 0) is 0 Å². The van der Waals surface area contributed by atoms with Gasteiger partial charge in [-0.1, -0.05) is 41.9 Å². The first-order valence-electron chi connectivity index (χ1n) is 6.51. The van der Waals surface area contributed by atoms with Gasteiger partial charge in [0.1, 0.15) is 10.8 Å². The van der Waals surface area contributed by atoms with Crippen molar-refractivity contribution in [2.45, 2.75) is 0 Å². The molecule has 1 heterocycles. The first kappa shape index (κ1) is 13.6. The van der Waals surface area contributed by atoms with Crippen molar-refractivity contribution >= 4 is 34.6 Å². The van der Waals surface area contributed by atoms with Crippen molar-refractivity contribution < 1.29 is 4.79 Å². The Bertz CT molecular complexity index is 824. The van der Waals surface area contributed by atoms with Crippen molar-refractivity contribution in [1.29, 1.82) is 0 Å². The van der Waals surface area contributed by atoms with Gasteiger partial charge in [0, 0.05) is 14.1 Å². The second-order valence-electron chi connectivity index (χ2n) is 4.97. The number of anilines is 1. The fraction of sp³-hybridized carbons (Fsp3) is 0.125. The van der Waals surface area contributed by atoms with Gasteiger partial charge in [0.2, 0.25) is 5.95 Å². The molecule has 0 saturated heterocycles. The predicted octanol–water partition coefficient (Wildman–Crippen LogP) is 3.56. The molecule has 2 aromatic carbocycles. The third-order valence-electron chi connectivity index (χ3n) is 3.33. The van der Waals surface area contributed by atoms with E-state index in [1.54, 1.807) is 4.57 Å². The van der Waals surface area contributed by atoms with Crippen LogP contribution in [0.15, 0.2) is 42.5 Å². The fourth-order valence-corrected chi connectivity index (χ4v) is 2.59. The van der Waals surface area contributed by atoms with E-state index in [9.17, 15) is 4.79 Å². The maximum absolute atomic E-state index is 11.1. The number of imidazole rings is 1. The van der Waals surface area contributed by atoms with Crippen molar-refractivity contribution in [3.8, 4) is 5.69 Å². The molecule has 0 radical (unpaired) electrons. The minimum atomic E-state index is 0.244. The molecule has 5 heteroatoms. The van der Waals surface area contributed by atoms with Crippen LogP contribution in [0.4, 0.5) is 5.95 Å². The van der Waals surface area contributed by atoms with E-state index in [-0.39, 0.29) is 5.69 Å². The van der Waals surface area contributed by atoms with Crippen LogP contribution in [0.3, 0.4) is 0 Å². The second kappa shape index (κ2) is 5.22. The van der Waals surface area contributed by atoms with E-state index in [0.29, 0.717) is 17.4 Å². The van der Waals surface area contributed by atoms with E-state index in [2.05, 4.69) is 11.1 Å². The summed E-state index contributed by atoms with van der Waals surface area (Å²) in [5.74, 6) is 0.623. The van der Waals surface area contributed by atoms with Crippen LogP contribution < -0.4 is 4.90 Å². The molecule has 0 atom stereocenters. The van der Waals surface area contributed by atoms with Gasteiger partial charge in [0.25, 0.3) is 0 Å². The van der Waals surface area contributed by atoms with Crippen LogP contribution in [0.2, 0.25) is 5.15 Å². The molecular formula is C16H14ClN3O. The lowest BCUT2D eigenvalue weighted by Gasteiger charge is -2.15. The number of rotatable bonds is 3. The average Bonchev–Trinajstić information content (AvgIpc) is 2.83. The van der Waals surface area contributed by atoms with Crippen LogP contribution >= 0.6 is 11.6 Å². The maximum Gasteiger partial charge on any atom is 0.211 e. The van der Waals surface area contributed by atoms with Crippen LogP contribution in [0.1, 0.15) is 10.5 Å². The van der Waals surface area contributed by atoms with Crippen LogP contribution in [0.5, 0.6) is 0 Å². The topological polar surface area (TPSA) is 38.1 Å². The van der Waals surface area contributed by atoms with E-state index in [1.165, 1.54) is 0 Å². The van der Waals surface area contributed by atoms with Crippen LogP contribution in [0, 0.1) is 0 Å². The molecule has 0 aliphatic heterocycles. The number of fused-ring (bicyclic) bond motifs is 1. The summed E-state index contributed by atoms with van der Waals surface area (Å²) in [4.78, 5) is 17.2. The molecule has 21 heavy (non-hydrogen) atoms. The normalized spacial score (nSPS) is 10.8. The van der Waals surface area contributed by atoms with Gasteiger partial charge in [-0.3, -0.25) is 9.36 Å². The zero-order valence-corrected chi connectivity index (χ0v) is 12.5. The van der Waals surface area contributed by atoms with Gasteiger partial charge in [-0.25, -0.2) is 4.98 Å². The smallest absolute Gasteiger partial charge is 0.211 e. The number of nitrogens with zero attached hydrogens (tertiary/aromatic N) is 3. The Labute approximate surface area is 127 Å². The summed E-state index contributed by atoms with van der Waals surface area (Å²) in [5, 5.41) is 2.58. The molecule has 0 saturated carbocycles.